The first-order valence-corrected chi connectivity index (χ1v) is 10.6. The number of aromatic hydroxyl groups is 2. The maximum Gasteiger partial charge on any atom is 0.161 e. The lowest BCUT2D eigenvalue weighted by Crippen LogP contribution is -2.43. The van der Waals surface area contributed by atoms with Gasteiger partial charge in [-0.15, -0.1) is 10.7 Å². The Morgan fingerprint density at radius 2 is 1.78 bits per heavy atom. The zero-order valence-electron chi connectivity index (χ0n) is 17.8. The predicted octanol–water partition coefficient (Wildman–Crippen LogP) is 2.40. The van der Waals surface area contributed by atoms with E-state index in [4.69, 9.17) is 5.41 Å². The van der Waals surface area contributed by atoms with Gasteiger partial charge in [-0.05, 0) is 62.7 Å². The molecule has 0 aliphatic carbocycles. The molecule has 0 amide bonds. The fraction of sp³-hybridized carbons (Fsp3) is 0.318. The van der Waals surface area contributed by atoms with Gasteiger partial charge in [-0.2, -0.15) is 0 Å². The van der Waals surface area contributed by atoms with Gasteiger partial charge in [0.2, 0.25) is 0 Å². The molecule has 0 saturated carbocycles. The molecule has 2 aliphatic rings. The maximum absolute atomic E-state index is 9.90. The summed E-state index contributed by atoms with van der Waals surface area (Å²) < 4.78 is 0. The summed E-state index contributed by atoms with van der Waals surface area (Å²) in [5.74, 6) is 0.776. The van der Waals surface area contributed by atoms with Crippen LogP contribution in [0, 0.1) is 5.41 Å². The number of piperidine rings is 1. The number of benzene rings is 2. The summed E-state index contributed by atoms with van der Waals surface area (Å²) in [6.07, 6.45) is 3.73. The number of nitrogens with one attached hydrogen (secondary N) is 3. The lowest BCUT2D eigenvalue weighted by atomic mass is 9.89. The lowest BCUT2D eigenvalue weighted by molar-refractivity contribution is 0.255. The van der Waals surface area contributed by atoms with Crippen molar-refractivity contribution in [1.29, 1.82) is 5.41 Å². The minimum atomic E-state index is -0.265. The van der Waals surface area contributed by atoms with Gasteiger partial charge in [0.1, 0.15) is 12.2 Å². The molecule has 10 heteroatoms. The van der Waals surface area contributed by atoms with Crippen LogP contribution in [-0.2, 0) is 0 Å². The van der Waals surface area contributed by atoms with Gasteiger partial charge in [0.25, 0.3) is 0 Å². The van der Waals surface area contributed by atoms with Crippen LogP contribution in [0.4, 0.5) is 11.5 Å². The normalized spacial score (nSPS) is 18.5. The molecule has 2 fully saturated rings. The van der Waals surface area contributed by atoms with E-state index in [1.807, 2.05) is 0 Å². The van der Waals surface area contributed by atoms with Crippen molar-refractivity contribution in [3.05, 3.63) is 48.3 Å². The zero-order valence-corrected chi connectivity index (χ0v) is 17.8. The summed E-state index contributed by atoms with van der Waals surface area (Å²) in [5.41, 5.74) is 9.13. The van der Waals surface area contributed by atoms with Crippen molar-refractivity contribution >= 4 is 28.2 Å². The first kappa shape index (κ1) is 20.4. The van der Waals surface area contributed by atoms with Gasteiger partial charge in [-0.3, -0.25) is 5.41 Å². The van der Waals surface area contributed by atoms with E-state index in [1.54, 1.807) is 5.12 Å². The number of hydrazine groups is 3. The maximum atomic E-state index is 9.90. The number of anilines is 2. The Morgan fingerprint density at radius 3 is 2.53 bits per heavy atom. The van der Waals surface area contributed by atoms with E-state index in [-0.39, 0.29) is 17.3 Å². The first-order valence-electron chi connectivity index (χ1n) is 10.6. The molecule has 1 aromatic heterocycles. The molecule has 5 N–H and O–H groups in total. The molecule has 3 aromatic rings. The Hall–Kier alpha value is -3.47. The number of aromatic nitrogens is 2. The third kappa shape index (κ3) is 3.91. The Kier molecular flexibility index (Phi) is 5.25. The summed E-state index contributed by atoms with van der Waals surface area (Å²) in [4.78, 5) is 10.8. The minimum Gasteiger partial charge on any atom is -0.504 e. The lowest BCUT2D eigenvalue weighted by Gasteiger charge is -2.29. The Morgan fingerprint density at radius 1 is 1.06 bits per heavy atom. The van der Waals surface area contributed by atoms with E-state index in [0.29, 0.717) is 29.2 Å². The van der Waals surface area contributed by atoms with Crippen LogP contribution < -0.4 is 16.0 Å². The molecule has 2 saturated heterocycles. The first-order chi connectivity index (χ1) is 15.5. The van der Waals surface area contributed by atoms with Crippen molar-refractivity contribution in [2.75, 3.05) is 37.1 Å². The summed E-state index contributed by atoms with van der Waals surface area (Å²) in [7, 11) is 2.17. The van der Waals surface area contributed by atoms with Crippen molar-refractivity contribution in [2.45, 2.75) is 18.8 Å². The van der Waals surface area contributed by atoms with E-state index in [9.17, 15) is 10.2 Å². The number of hydrogen-bond donors (Lipinski definition) is 5. The molecule has 2 aromatic carbocycles. The number of hydrogen-bond acceptors (Lipinski definition) is 9. The monoisotopic (exact) mass is 434 g/mol. The molecule has 166 valence electrons. The highest BCUT2D eigenvalue weighted by Gasteiger charge is 2.28. The Balaban J connectivity index is 1.29. The summed E-state index contributed by atoms with van der Waals surface area (Å²) in [6.45, 7) is 2.57. The van der Waals surface area contributed by atoms with Crippen molar-refractivity contribution in [3.63, 3.8) is 0 Å². The predicted molar refractivity (Wildman–Crippen MR) is 122 cm³/mol. The van der Waals surface area contributed by atoms with Crippen LogP contribution in [0.5, 0.6) is 11.5 Å². The zero-order chi connectivity index (χ0) is 22.2. The molecule has 2 aliphatic heterocycles. The van der Waals surface area contributed by atoms with Gasteiger partial charge in [-0.1, -0.05) is 12.1 Å². The Bertz CT molecular complexity index is 1140. The second kappa shape index (κ2) is 8.23. The molecule has 32 heavy (non-hydrogen) atoms. The average molecular weight is 435 g/mol. The number of nitrogens with zero attached hydrogens (tertiary/aromatic N) is 5. The third-order valence-corrected chi connectivity index (χ3v) is 6.09. The van der Waals surface area contributed by atoms with Crippen LogP contribution in [0.2, 0.25) is 0 Å². The van der Waals surface area contributed by atoms with Crippen LogP contribution in [0.3, 0.4) is 0 Å². The van der Waals surface area contributed by atoms with E-state index in [2.05, 4.69) is 57.1 Å². The number of phenolic OH excluding ortho intramolecular Hbond substituents is 2. The fourth-order valence-electron chi connectivity index (χ4n) is 4.25. The smallest absolute Gasteiger partial charge is 0.161 e. The fourth-order valence-corrected chi connectivity index (χ4v) is 4.25. The summed E-state index contributed by atoms with van der Waals surface area (Å²) in [5, 5.41) is 31.8. The molecule has 3 heterocycles. The highest BCUT2D eigenvalue weighted by Crippen LogP contribution is 2.33. The number of fused-ring (bicyclic) bond motifs is 1. The van der Waals surface area contributed by atoms with Crippen molar-refractivity contribution in [3.8, 4) is 11.5 Å². The van der Waals surface area contributed by atoms with Gasteiger partial charge in [0.15, 0.2) is 17.3 Å². The quantitative estimate of drug-likeness (QED) is 0.394. The molecular weight excluding hydrogens is 408 g/mol. The molecule has 10 nitrogen and oxygen atoms in total. The minimum absolute atomic E-state index is 0.251. The second-order valence-electron chi connectivity index (χ2n) is 8.33. The highest BCUT2D eigenvalue weighted by atomic mass is 16.3. The average Bonchev–Trinajstić information content (AvgIpc) is 3.15. The van der Waals surface area contributed by atoms with E-state index in [0.717, 1.165) is 18.8 Å². The van der Waals surface area contributed by atoms with Gasteiger partial charge in [-0.25, -0.2) is 15.0 Å². The van der Waals surface area contributed by atoms with Crippen LogP contribution >= 0.6 is 0 Å². The molecule has 0 atom stereocenters. The Labute approximate surface area is 185 Å². The van der Waals surface area contributed by atoms with Gasteiger partial charge in [0, 0.05) is 11.5 Å². The van der Waals surface area contributed by atoms with Gasteiger partial charge >= 0.3 is 0 Å². The second-order valence-corrected chi connectivity index (χ2v) is 8.33. The van der Waals surface area contributed by atoms with Crippen molar-refractivity contribution in [2.24, 2.45) is 0 Å². The van der Waals surface area contributed by atoms with Crippen LogP contribution in [-0.4, -0.2) is 62.7 Å². The van der Waals surface area contributed by atoms with Crippen LogP contribution in [0.25, 0.3) is 10.9 Å². The molecule has 0 spiro atoms. The number of phenols is 2. The SMILES string of the molecule is CN1CCC(c2ccc(NN3CC(=N)N(c4ncnc5cc(O)c(O)cc45)N3)cc2)CC1. The van der Waals surface area contributed by atoms with Gasteiger partial charge < -0.3 is 20.5 Å². The summed E-state index contributed by atoms with van der Waals surface area (Å²) >= 11 is 0. The van der Waals surface area contributed by atoms with Crippen molar-refractivity contribution in [1.82, 2.24) is 25.5 Å². The van der Waals surface area contributed by atoms with Crippen molar-refractivity contribution < 1.29 is 10.2 Å². The van der Waals surface area contributed by atoms with E-state index in [1.165, 1.54) is 41.9 Å². The van der Waals surface area contributed by atoms with Crippen LogP contribution in [0.1, 0.15) is 24.3 Å². The molecular formula is C22H26N8O2. The number of amidine groups is 1. The third-order valence-electron chi connectivity index (χ3n) is 6.09. The standard InChI is InChI=1S/C22H26N8O2/c1-28-8-6-15(7-9-28)14-2-4-16(5-3-14)26-29-12-21(23)30(27-29)22-17-10-19(31)20(32)11-18(17)24-13-25-22/h2-5,10-11,13,15,23,26-27,31-32H,6-9,12H2,1H3. The number of rotatable bonds is 4. The van der Waals surface area contributed by atoms with E-state index >= 15 is 0 Å². The largest absolute Gasteiger partial charge is 0.504 e. The number of likely N-dealkylation sites (tertiary alicyclic amines) is 1. The van der Waals surface area contributed by atoms with E-state index < -0.39 is 0 Å². The molecule has 0 radical (unpaired) electrons. The molecule has 0 unspecified atom stereocenters. The van der Waals surface area contributed by atoms with Gasteiger partial charge in [0.05, 0.1) is 17.7 Å². The topological polar surface area (TPSA) is 124 Å². The van der Waals surface area contributed by atoms with Crippen LogP contribution in [0.15, 0.2) is 42.7 Å². The molecule has 0 bridgehead atoms. The molecule has 5 rings (SSSR count). The highest BCUT2D eigenvalue weighted by molar-refractivity contribution is 6.04. The summed E-state index contributed by atoms with van der Waals surface area (Å²) in [6, 6.07) is 11.2.